The number of ether oxygens (including phenoxy) is 1. The monoisotopic (exact) mass is 596 g/mol. The number of halogens is 1. The van der Waals surface area contributed by atoms with Gasteiger partial charge in [0.1, 0.15) is 17.2 Å². The van der Waals surface area contributed by atoms with Gasteiger partial charge in [0.2, 0.25) is 0 Å². The van der Waals surface area contributed by atoms with Crippen LogP contribution in [0.3, 0.4) is 0 Å². The summed E-state index contributed by atoms with van der Waals surface area (Å²) in [5.41, 5.74) is 6.14. The highest BCUT2D eigenvalue weighted by atomic mass is 19.1. The third kappa shape index (κ3) is 6.30. The summed E-state index contributed by atoms with van der Waals surface area (Å²) in [6.45, 7) is 7.36. The van der Waals surface area contributed by atoms with Gasteiger partial charge < -0.3 is 24.8 Å². The quantitative estimate of drug-likeness (QED) is 0.315. The molecule has 4 aromatic rings. The summed E-state index contributed by atoms with van der Waals surface area (Å²) in [4.78, 5) is 39.6. The molecule has 228 valence electrons. The number of methoxy groups -OCH3 is 1. The number of nitrogens with one attached hydrogen (secondary N) is 2. The van der Waals surface area contributed by atoms with Gasteiger partial charge in [0.05, 0.1) is 7.11 Å². The molecule has 0 atom stereocenters. The van der Waals surface area contributed by atoms with Crippen molar-refractivity contribution < 1.29 is 18.7 Å². The third-order valence-electron chi connectivity index (χ3n) is 8.49. The lowest BCUT2D eigenvalue weighted by atomic mass is 10.0. The molecule has 0 spiro atoms. The van der Waals surface area contributed by atoms with E-state index in [-0.39, 0.29) is 17.8 Å². The molecular formula is C34H37FN6O3. The largest absolute Gasteiger partial charge is 0.496 e. The van der Waals surface area contributed by atoms with Gasteiger partial charge in [0, 0.05) is 80.8 Å². The van der Waals surface area contributed by atoms with E-state index in [9.17, 15) is 14.0 Å². The summed E-state index contributed by atoms with van der Waals surface area (Å²) in [7, 11) is 1.57. The number of hydrogen-bond donors (Lipinski definition) is 2. The molecule has 3 amide bonds. The van der Waals surface area contributed by atoms with Crippen LogP contribution in [0.5, 0.6) is 5.75 Å². The molecular weight excluding hydrogens is 559 g/mol. The Bertz CT molecular complexity index is 1690. The maximum absolute atomic E-state index is 14.1. The first-order valence-electron chi connectivity index (χ1n) is 15.0. The lowest BCUT2D eigenvalue weighted by molar-refractivity contribution is 0.0639. The number of benzene rings is 2. The molecule has 2 aromatic heterocycles. The standard InChI is InChI=1S/C34H37FN6O3/c1-23-3-5-25(6-4-23)33(42)40-19-17-39(18-20-40)16-13-37-34(43)41-14-10-24(11-15-41)30-22-29-27(9-12-36-32(29)38-30)28-21-26(35)7-8-31(28)44-2/h3-10,12,21-22H,11,13-20H2,1-2H3,(H,36,38)(H,37,43). The molecule has 0 aliphatic carbocycles. The molecule has 10 heteroatoms. The second kappa shape index (κ2) is 12.9. The molecule has 0 saturated carbocycles. The first kappa shape index (κ1) is 29.4. The Morgan fingerprint density at radius 2 is 1.77 bits per heavy atom. The van der Waals surface area contributed by atoms with Crippen molar-refractivity contribution in [1.82, 2.24) is 30.0 Å². The van der Waals surface area contributed by atoms with Crippen LogP contribution in [0.25, 0.3) is 27.7 Å². The molecule has 9 nitrogen and oxygen atoms in total. The zero-order valence-corrected chi connectivity index (χ0v) is 25.1. The number of nitrogens with zero attached hydrogens (tertiary/aromatic N) is 4. The summed E-state index contributed by atoms with van der Waals surface area (Å²) >= 11 is 0. The van der Waals surface area contributed by atoms with Crippen LogP contribution in [0.15, 0.2) is 66.9 Å². The smallest absolute Gasteiger partial charge is 0.317 e. The molecule has 4 heterocycles. The minimum atomic E-state index is -0.331. The molecule has 0 unspecified atom stereocenters. The van der Waals surface area contributed by atoms with Crippen LogP contribution >= 0.6 is 0 Å². The Kier molecular flexibility index (Phi) is 8.60. The van der Waals surface area contributed by atoms with Crippen molar-refractivity contribution in [2.45, 2.75) is 13.3 Å². The molecule has 44 heavy (non-hydrogen) atoms. The number of urea groups is 1. The van der Waals surface area contributed by atoms with Gasteiger partial charge in [-0.1, -0.05) is 23.8 Å². The van der Waals surface area contributed by atoms with Crippen LogP contribution in [0.4, 0.5) is 9.18 Å². The van der Waals surface area contributed by atoms with E-state index in [0.29, 0.717) is 56.1 Å². The van der Waals surface area contributed by atoms with Gasteiger partial charge in [-0.3, -0.25) is 9.69 Å². The lowest BCUT2D eigenvalue weighted by Crippen LogP contribution is -2.51. The summed E-state index contributed by atoms with van der Waals surface area (Å²) in [5.74, 6) is 0.338. The fourth-order valence-electron chi connectivity index (χ4n) is 5.91. The van der Waals surface area contributed by atoms with Gasteiger partial charge >= 0.3 is 6.03 Å². The van der Waals surface area contributed by atoms with E-state index in [4.69, 9.17) is 4.74 Å². The van der Waals surface area contributed by atoms with Crippen LogP contribution in [0, 0.1) is 12.7 Å². The molecule has 2 aromatic carbocycles. The van der Waals surface area contributed by atoms with E-state index in [0.717, 1.165) is 53.0 Å². The number of H-pyrrole nitrogens is 1. The van der Waals surface area contributed by atoms with E-state index in [1.54, 1.807) is 19.4 Å². The first-order chi connectivity index (χ1) is 21.4. The van der Waals surface area contributed by atoms with Gasteiger partial charge in [-0.2, -0.15) is 0 Å². The second-order valence-corrected chi connectivity index (χ2v) is 11.3. The van der Waals surface area contributed by atoms with Crippen LogP contribution in [-0.2, 0) is 0 Å². The number of carbonyl (C=O) groups excluding carboxylic acids is 2. The third-order valence-corrected chi connectivity index (χ3v) is 8.49. The number of hydrogen-bond acceptors (Lipinski definition) is 5. The van der Waals surface area contributed by atoms with Gasteiger partial charge in [-0.05, 0) is 66.9 Å². The highest BCUT2D eigenvalue weighted by Crippen LogP contribution is 2.36. The maximum atomic E-state index is 14.1. The maximum Gasteiger partial charge on any atom is 0.317 e. The first-order valence-corrected chi connectivity index (χ1v) is 15.0. The SMILES string of the molecule is COc1ccc(F)cc1-c1ccnc2[nH]c(C3=CCN(C(=O)NCCN4CCN(C(=O)c5ccc(C)cc5)CC4)CC3)cc12. The molecule has 2 aliphatic heterocycles. The number of piperazine rings is 1. The van der Waals surface area contributed by atoms with Crippen molar-refractivity contribution in [2.24, 2.45) is 0 Å². The zero-order chi connectivity index (χ0) is 30.6. The number of aromatic nitrogens is 2. The molecule has 6 rings (SSSR count). The number of rotatable bonds is 7. The summed E-state index contributed by atoms with van der Waals surface area (Å²) in [5, 5.41) is 3.94. The number of fused-ring (bicyclic) bond motifs is 1. The van der Waals surface area contributed by atoms with E-state index < -0.39 is 0 Å². The van der Waals surface area contributed by atoms with Crippen molar-refractivity contribution in [3.05, 3.63) is 89.5 Å². The Labute approximate surface area is 256 Å². The van der Waals surface area contributed by atoms with Crippen LogP contribution in [0.2, 0.25) is 0 Å². The minimum absolute atomic E-state index is 0.0754. The van der Waals surface area contributed by atoms with E-state index >= 15 is 0 Å². The van der Waals surface area contributed by atoms with Crippen LogP contribution in [-0.4, -0.2) is 96.1 Å². The number of amides is 3. The van der Waals surface area contributed by atoms with Crippen LogP contribution in [0.1, 0.15) is 28.0 Å². The Hall–Kier alpha value is -4.70. The van der Waals surface area contributed by atoms with Crippen molar-refractivity contribution in [3.8, 4) is 16.9 Å². The molecule has 2 N–H and O–H groups in total. The number of aryl methyl sites for hydroxylation is 1. The minimum Gasteiger partial charge on any atom is -0.496 e. The van der Waals surface area contributed by atoms with Crippen molar-refractivity contribution >= 4 is 28.5 Å². The number of carbonyl (C=O) groups is 2. The molecule has 1 fully saturated rings. The van der Waals surface area contributed by atoms with Gasteiger partial charge in [-0.25, -0.2) is 14.2 Å². The Morgan fingerprint density at radius 3 is 2.50 bits per heavy atom. The predicted molar refractivity (Wildman–Crippen MR) is 169 cm³/mol. The lowest BCUT2D eigenvalue weighted by Gasteiger charge is -2.35. The highest BCUT2D eigenvalue weighted by Gasteiger charge is 2.23. The summed E-state index contributed by atoms with van der Waals surface area (Å²) in [6, 6.07) is 16.0. The van der Waals surface area contributed by atoms with Crippen molar-refractivity contribution in [3.63, 3.8) is 0 Å². The van der Waals surface area contributed by atoms with Gasteiger partial charge in [0.15, 0.2) is 0 Å². The Balaban J connectivity index is 1.00. The topological polar surface area (TPSA) is 93.8 Å². The highest BCUT2D eigenvalue weighted by molar-refractivity contribution is 5.97. The second-order valence-electron chi connectivity index (χ2n) is 11.3. The molecule has 1 saturated heterocycles. The summed E-state index contributed by atoms with van der Waals surface area (Å²) in [6.07, 6.45) is 4.48. The van der Waals surface area contributed by atoms with Gasteiger partial charge in [-0.15, -0.1) is 0 Å². The molecule has 0 bridgehead atoms. The average Bonchev–Trinajstić information content (AvgIpc) is 3.50. The fourth-order valence-corrected chi connectivity index (χ4v) is 5.91. The summed E-state index contributed by atoms with van der Waals surface area (Å²) < 4.78 is 19.6. The van der Waals surface area contributed by atoms with E-state index in [2.05, 4.69) is 26.3 Å². The normalized spacial score (nSPS) is 15.8. The fraction of sp³-hybridized carbons (Fsp3) is 0.324. The van der Waals surface area contributed by atoms with E-state index in [1.165, 1.54) is 12.1 Å². The van der Waals surface area contributed by atoms with Crippen molar-refractivity contribution in [1.29, 1.82) is 0 Å². The average molecular weight is 597 g/mol. The zero-order valence-electron chi connectivity index (χ0n) is 25.1. The number of pyridine rings is 1. The molecule has 0 radical (unpaired) electrons. The van der Waals surface area contributed by atoms with Gasteiger partial charge in [0.25, 0.3) is 5.91 Å². The van der Waals surface area contributed by atoms with Crippen molar-refractivity contribution in [2.75, 3.05) is 59.5 Å². The molecule has 2 aliphatic rings. The van der Waals surface area contributed by atoms with Crippen LogP contribution < -0.4 is 10.1 Å². The number of aromatic amines is 1. The predicted octanol–water partition coefficient (Wildman–Crippen LogP) is 4.94. The van der Waals surface area contributed by atoms with E-state index in [1.807, 2.05) is 53.1 Å². The Morgan fingerprint density at radius 1 is 0.977 bits per heavy atom.